The smallest absolute Gasteiger partial charge is 0.323 e. The van der Waals surface area contributed by atoms with Gasteiger partial charge in [-0.15, -0.1) is 0 Å². The van der Waals surface area contributed by atoms with E-state index in [0.717, 1.165) is 19.4 Å². The molecule has 0 saturated carbocycles. The normalized spacial score (nSPS) is 25.9. The predicted molar refractivity (Wildman–Crippen MR) is 51.7 cm³/mol. The van der Waals surface area contributed by atoms with E-state index in [1.54, 1.807) is 13.8 Å². The Balaban J connectivity index is 2.73. The third-order valence-electron chi connectivity index (χ3n) is 3.04. The molecule has 1 aliphatic heterocycles. The van der Waals surface area contributed by atoms with Gasteiger partial charge in [0.2, 0.25) is 0 Å². The molecule has 3 nitrogen and oxygen atoms in total. The highest BCUT2D eigenvalue weighted by Crippen LogP contribution is 2.25. The molecular weight excluding hydrogens is 166 g/mol. The molecule has 1 unspecified atom stereocenters. The number of hydrogen-bond donors (Lipinski definition) is 1. The second kappa shape index (κ2) is 3.66. The molecule has 0 amide bonds. The van der Waals surface area contributed by atoms with Crippen LogP contribution < -0.4 is 0 Å². The van der Waals surface area contributed by atoms with Crippen LogP contribution in [0.3, 0.4) is 0 Å². The molecule has 0 aromatic carbocycles. The van der Waals surface area contributed by atoms with E-state index in [4.69, 9.17) is 5.11 Å². The van der Waals surface area contributed by atoms with E-state index in [1.807, 2.05) is 0 Å². The molecule has 0 radical (unpaired) electrons. The topological polar surface area (TPSA) is 40.5 Å². The van der Waals surface area contributed by atoms with Gasteiger partial charge in [0.05, 0.1) is 0 Å². The van der Waals surface area contributed by atoms with Crippen LogP contribution in [-0.4, -0.2) is 34.1 Å². The first-order valence-electron chi connectivity index (χ1n) is 4.96. The van der Waals surface area contributed by atoms with E-state index in [2.05, 4.69) is 11.8 Å². The van der Waals surface area contributed by atoms with Gasteiger partial charge in [-0.1, -0.05) is 6.42 Å². The van der Waals surface area contributed by atoms with Gasteiger partial charge in [-0.3, -0.25) is 9.69 Å². The summed E-state index contributed by atoms with van der Waals surface area (Å²) in [7, 11) is 0. The number of nitrogens with zero attached hydrogens (tertiary/aromatic N) is 1. The second-order valence-electron chi connectivity index (χ2n) is 4.40. The van der Waals surface area contributed by atoms with E-state index in [1.165, 1.54) is 6.42 Å². The molecule has 13 heavy (non-hydrogen) atoms. The maximum atomic E-state index is 11.0. The molecule has 1 heterocycles. The van der Waals surface area contributed by atoms with Gasteiger partial charge in [0, 0.05) is 6.04 Å². The summed E-state index contributed by atoms with van der Waals surface area (Å²) in [5.74, 6) is -0.721. The Kier molecular flexibility index (Phi) is 2.96. The van der Waals surface area contributed by atoms with Gasteiger partial charge < -0.3 is 5.11 Å². The first kappa shape index (κ1) is 10.5. The highest BCUT2D eigenvalue weighted by molar-refractivity contribution is 5.77. The summed E-state index contributed by atoms with van der Waals surface area (Å²) >= 11 is 0. The van der Waals surface area contributed by atoms with Crippen molar-refractivity contribution in [2.45, 2.75) is 51.6 Å². The van der Waals surface area contributed by atoms with Crippen LogP contribution in [0.1, 0.15) is 40.0 Å². The van der Waals surface area contributed by atoms with Crippen molar-refractivity contribution < 1.29 is 9.90 Å². The van der Waals surface area contributed by atoms with E-state index >= 15 is 0 Å². The van der Waals surface area contributed by atoms with Crippen molar-refractivity contribution >= 4 is 5.97 Å². The van der Waals surface area contributed by atoms with Crippen LogP contribution in [0.5, 0.6) is 0 Å². The van der Waals surface area contributed by atoms with Crippen molar-refractivity contribution in [2.75, 3.05) is 6.54 Å². The molecule has 1 aliphatic rings. The van der Waals surface area contributed by atoms with E-state index in [0.29, 0.717) is 6.04 Å². The SMILES string of the molecule is CC1CCCCN1C(C)(C)C(=O)O. The van der Waals surface area contributed by atoms with Crippen LogP contribution in [0, 0.1) is 0 Å². The molecule has 3 heteroatoms. The molecule has 0 bridgehead atoms. The highest BCUT2D eigenvalue weighted by Gasteiger charge is 2.38. The summed E-state index contributed by atoms with van der Waals surface area (Å²) in [5.41, 5.74) is -0.708. The number of carboxylic acids is 1. The highest BCUT2D eigenvalue weighted by atomic mass is 16.4. The van der Waals surface area contributed by atoms with E-state index in [9.17, 15) is 4.79 Å². The Hall–Kier alpha value is -0.570. The summed E-state index contributed by atoms with van der Waals surface area (Å²) in [5, 5.41) is 9.07. The summed E-state index contributed by atoms with van der Waals surface area (Å²) in [6, 6.07) is 0.403. The standard InChI is InChI=1S/C10H19NO2/c1-8-6-4-5-7-11(8)10(2,3)9(12)13/h8H,4-7H2,1-3H3,(H,12,13). The number of aliphatic carboxylic acids is 1. The maximum Gasteiger partial charge on any atom is 0.323 e. The van der Waals surface area contributed by atoms with Gasteiger partial charge in [0.15, 0.2) is 0 Å². The molecule has 76 valence electrons. The van der Waals surface area contributed by atoms with Gasteiger partial charge in [-0.2, -0.15) is 0 Å². The van der Waals surface area contributed by atoms with Gasteiger partial charge in [0.25, 0.3) is 0 Å². The predicted octanol–water partition coefficient (Wildman–Crippen LogP) is 1.72. The molecule has 1 fully saturated rings. The summed E-state index contributed by atoms with van der Waals surface area (Å²) in [6.45, 7) is 6.61. The third-order valence-corrected chi connectivity index (χ3v) is 3.04. The molecule has 0 spiro atoms. The quantitative estimate of drug-likeness (QED) is 0.712. The van der Waals surface area contributed by atoms with Crippen LogP contribution in [0.4, 0.5) is 0 Å². The zero-order valence-corrected chi connectivity index (χ0v) is 8.71. The number of carbonyl (C=O) groups is 1. The fourth-order valence-corrected chi connectivity index (χ4v) is 2.05. The Morgan fingerprint density at radius 1 is 1.46 bits per heavy atom. The summed E-state index contributed by atoms with van der Waals surface area (Å²) in [4.78, 5) is 13.1. The molecule has 0 aromatic rings. The van der Waals surface area contributed by atoms with Gasteiger partial charge in [-0.25, -0.2) is 0 Å². The van der Waals surface area contributed by atoms with Crippen molar-refractivity contribution in [3.63, 3.8) is 0 Å². The third kappa shape index (κ3) is 2.02. The minimum absolute atomic E-state index is 0.403. The van der Waals surface area contributed by atoms with Crippen molar-refractivity contribution in [3.8, 4) is 0 Å². The largest absolute Gasteiger partial charge is 0.480 e. The van der Waals surface area contributed by atoms with E-state index in [-0.39, 0.29) is 0 Å². The van der Waals surface area contributed by atoms with Crippen molar-refractivity contribution in [3.05, 3.63) is 0 Å². The lowest BCUT2D eigenvalue weighted by Crippen LogP contribution is -2.55. The molecule has 1 saturated heterocycles. The molecule has 0 aliphatic carbocycles. The molecular formula is C10H19NO2. The number of carboxylic acid groups (broad SMARTS) is 1. The summed E-state index contributed by atoms with van der Waals surface area (Å²) < 4.78 is 0. The number of likely N-dealkylation sites (tertiary alicyclic amines) is 1. The summed E-state index contributed by atoms with van der Waals surface area (Å²) in [6.07, 6.45) is 3.48. The first-order chi connectivity index (χ1) is 5.96. The first-order valence-corrected chi connectivity index (χ1v) is 4.96. The Labute approximate surface area is 79.7 Å². The van der Waals surface area contributed by atoms with Crippen LogP contribution in [0.2, 0.25) is 0 Å². The average Bonchev–Trinajstić information content (AvgIpc) is 2.04. The lowest BCUT2D eigenvalue weighted by atomic mass is 9.94. The average molecular weight is 185 g/mol. The van der Waals surface area contributed by atoms with Crippen LogP contribution >= 0.6 is 0 Å². The Bertz CT molecular complexity index is 201. The molecule has 1 atom stereocenters. The zero-order valence-electron chi connectivity index (χ0n) is 8.71. The Morgan fingerprint density at radius 3 is 2.54 bits per heavy atom. The van der Waals surface area contributed by atoms with Crippen LogP contribution in [-0.2, 0) is 4.79 Å². The van der Waals surface area contributed by atoms with Gasteiger partial charge in [-0.05, 0) is 40.2 Å². The number of rotatable bonds is 2. The Morgan fingerprint density at radius 2 is 2.08 bits per heavy atom. The van der Waals surface area contributed by atoms with Gasteiger partial charge >= 0.3 is 5.97 Å². The van der Waals surface area contributed by atoms with Crippen molar-refractivity contribution in [1.29, 1.82) is 0 Å². The van der Waals surface area contributed by atoms with E-state index < -0.39 is 11.5 Å². The fourth-order valence-electron chi connectivity index (χ4n) is 2.05. The number of hydrogen-bond acceptors (Lipinski definition) is 2. The minimum Gasteiger partial charge on any atom is -0.480 e. The lowest BCUT2D eigenvalue weighted by molar-refractivity contribution is -0.151. The molecule has 0 aromatic heterocycles. The van der Waals surface area contributed by atoms with Crippen LogP contribution in [0.25, 0.3) is 0 Å². The molecule has 1 N–H and O–H groups in total. The number of piperidine rings is 1. The monoisotopic (exact) mass is 185 g/mol. The maximum absolute atomic E-state index is 11.0. The molecule has 1 rings (SSSR count). The fraction of sp³-hybridized carbons (Fsp3) is 0.900. The van der Waals surface area contributed by atoms with Crippen molar-refractivity contribution in [1.82, 2.24) is 4.90 Å². The zero-order chi connectivity index (χ0) is 10.1. The lowest BCUT2D eigenvalue weighted by Gasteiger charge is -2.42. The minimum atomic E-state index is -0.721. The second-order valence-corrected chi connectivity index (χ2v) is 4.40. The van der Waals surface area contributed by atoms with Crippen LogP contribution in [0.15, 0.2) is 0 Å². The van der Waals surface area contributed by atoms with Crippen molar-refractivity contribution in [2.24, 2.45) is 0 Å². The van der Waals surface area contributed by atoms with Gasteiger partial charge in [0.1, 0.15) is 5.54 Å².